The molecule has 0 radical (unpaired) electrons. The van der Waals surface area contributed by atoms with E-state index >= 15 is 0 Å². The van der Waals surface area contributed by atoms with Crippen molar-refractivity contribution in [2.24, 2.45) is 5.41 Å². The first-order valence-corrected chi connectivity index (χ1v) is 23.3. The molecule has 2 fully saturated rings. The molecule has 14 heteroatoms. The third kappa shape index (κ3) is 8.23. The lowest BCUT2D eigenvalue weighted by Gasteiger charge is -2.29. The van der Waals surface area contributed by atoms with Crippen LogP contribution in [0.3, 0.4) is 0 Å². The van der Waals surface area contributed by atoms with Crippen molar-refractivity contribution in [1.82, 2.24) is 14.5 Å². The first kappa shape index (κ1) is 38.4. The van der Waals surface area contributed by atoms with Crippen LogP contribution in [0.25, 0.3) is 22.4 Å². The molecule has 52 heavy (non-hydrogen) atoms. The number of carbonyl (C=O) groups is 1. The molecule has 6 rings (SSSR count). The van der Waals surface area contributed by atoms with Gasteiger partial charge in [0.15, 0.2) is 0 Å². The lowest BCUT2D eigenvalue weighted by atomic mass is 9.83. The average molecular weight is 762 g/mol. The minimum atomic E-state index is -5.81. The van der Waals surface area contributed by atoms with Gasteiger partial charge in [0.1, 0.15) is 23.9 Å². The number of imidazole rings is 1. The Bertz CT molecular complexity index is 1890. The molecule has 0 bridgehead atoms. The number of alkyl halides is 3. The van der Waals surface area contributed by atoms with E-state index in [4.69, 9.17) is 18.6 Å². The Kier molecular flexibility index (Phi) is 10.4. The zero-order valence-electron chi connectivity index (χ0n) is 30.9. The molecule has 284 valence electrons. The van der Waals surface area contributed by atoms with Crippen molar-refractivity contribution in [1.29, 1.82) is 0 Å². The monoisotopic (exact) mass is 761 g/mol. The van der Waals surface area contributed by atoms with Gasteiger partial charge < -0.3 is 18.2 Å². The molecule has 9 nitrogen and oxygen atoms in total. The Morgan fingerprint density at radius 1 is 0.962 bits per heavy atom. The van der Waals surface area contributed by atoms with Crippen molar-refractivity contribution in [3.63, 3.8) is 0 Å². The van der Waals surface area contributed by atoms with Gasteiger partial charge in [0, 0.05) is 26.8 Å². The molecule has 1 aliphatic heterocycles. The number of hydrogen-bond acceptors (Lipinski definition) is 7. The highest BCUT2D eigenvalue weighted by Gasteiger charge is 2.50. The molecule has 0 N–H and O–H groups in total. The van der Waals surface area contributed by atoms with Crippen LogP contribution in [0, 0.1) is 5.41 Å². The van der Waals surface area contributed by atoms with Crippen LogP contribution in [-0.4, -0.2) is 61.3 Å². The first-order valence-electron chi connectivity index (χ1n) is 18.2. The van der Waals surface area contributed by atoms with E-state index in [2.05, 4.69) is 19.6 Å². The Morgan fingerprint density at radius 2 is 1.62 bits per heavy atom. The molecule has 2 aromatic carbocycles. The maximum Gasteiger partial charge on any atom is 0.534 e. The summed E-state index contributed by atoms with van der Waals surface area (Å²) < 4.78 is 82.7. The number of nitrogens with zero attached hydrogens (tertiary/aromatic N) is 3. The summed E-state index contributed by atoms with van der Waals surface area (Å²) in [5.74, 6) is 0.494. The number of aromatic nitrogens is 2. The van der Waals surface area contributed by atoms with Gasteiger partial charge in [0.05, 0.1) is 17.9 Å². The molecule has 2 aliphatic carbocycles. The Morgan fingerprint density at radius 3 is 2.25 bits per heavy atom. The first-order chi connectivity index (χ1) is 24.3. The van der Waals surface area contributed by atoms with Gasteiger partial charge >= 0.3 is 21.7 Å². The van der Waals surface area contributed by atoms with Crippen LogP contribution in [0.2, 0.25) is 25.7 Å². The summed E-state index contributed by atoms with van der Waals surface area (Å²) in [4.78, 5) is 19.8. The predicted molar refractivity (Wildman–Crippen MR) is 196 cm³/mol. The summed E-state index contributed by atoms with van der Waals surface area (Å²) in [6, 6.07) is 11.7. The van der Waals surface area contributed by atoms with E-state index < -0.39 is 29.3 Å². The third-order valence-corrected chi connectivity index (χ3v) is 13.1. The minimum absolute atomic E-state index is 0.107. The van der Waals surface area contributed by atoms with E-state index in [0.717, 1.165) is 78.3 Å². The van der Waals surface area contributed by atoms with E-state index in [0.29, 0.717) is 31.6 Å². The molecule has 1 unspecified atom stereocenters. The molecule has 2 heterocycles. The molecule has 1 amide bonds. The third-order valence-electron chi connectivity index (χ3n) is 10.4. The Hall–Kier alpha value is -3.36. The highest BCUT2D eigenvalue weighted by atomic mass is 32.2. The fourth-order valence-electron chi connectivity index (χ4n) is 7.82. The second-order valence-electron chi connectivity index (χ2n) is 16.8. The number of halogens is 3. The van der Waals surface area contributed by atoms with Crippen molar-refractivity contribution in [3.05, 3.63) is 59.5 Å². The topological polar surface area (TPSA) is 100.0 Å². The van der Waals surface area contributed by atoms with Gasteiger partial charge in [-0.15, -0.1) is 0 Å². The summed E-state index contributed by atoms with van der Waals surface area (Å²) in [5, 5.41) is 0. The standard InChI is InChI=1S/C38H50F3N3O6SSi/c1-36(2,3)49-35(45)43-19-9-10-31(43)34-42-24-32(44(34)25-48-20-21-52(4,5)6)27-13-11-26(12-14-27)28-15-16-33(50-51(46,47)38(39,40)41)30-23-37(22-29(28)30)17-7-8-18-37/h11-16,24,31H,7-10,17-23,25H2,1-6H3. The molecular formula is C38H50F3N3O6SSi. The van der Waals surface area contributed by atoms with Gasteiger partial charge in [-0.05, 0) is 99.1 Å². The van der Waals surface area contributed by atoms with Crippen LogP contribution < -0.4 is 4.18 Å². The maximum absolute atomic E-state index is 13.3. The zero-order valence-corrected chi connectivity index (χ0v) is 32.8. The van der Waals surface area contributed by atoms with Crippen LogP contribution in [0.15, 0.2) is 42.6 Å². The van der Waals surface area contributed by atoms with Crippen LogP contribution >= 0.6 is 0 Å². The van der Waals surface area contributed by atoms with E-state index in [-0.39, 0.29) is 30.0 Å². The van der Waals surface area contributed by atoms with Gasteiger partial charge in [-0.2, -0.15) is 21.6 Å². The molecule has 3 aromatic rings. The summed E-state index contributed by atoms with van der Waals surface area (Å²) in [7, 11) is -7.14. The Labute approximate surface area is 306 Å². The van der Waals surface area contributed by atoms with Crippen molar-refractivity contribution < 1.29 is 40.0 Å². The molecule has 1 saturated carbocycles. The van der Waals surface area contributed by atoms with Crippen LogP contribution in [0.5, 0.6) is 5.75 Å². The molecule has 1 spiro atoms. The normalized spacial score (nSPS) is 19.0. The average Bonchev–Trinajstić information content (AvgIpc) is 3.84. The maximum atomic E-state index is 13.3. The van der Waals surface area contributed by atoms with Crippen molar-refractivity contribution in [3.8, 4) is 28.1 Å². The lowest BCUT2D eigenvalue weighted by molar-refractivity contribution is -0.0500. The van der Waals surface area contributed by atoms with Gasteiger partial charge in [0.2, 0.25) is 0 Å². The minimum Gasteiger partial charge on any atom is -0.444 e. The molecule has 1 aromatic heterocycles. The number of hydrogen-bond donors (Lipinski definition) is 0. The molecular weight excluding hydrogens is 712 g/mol. The van der Waals surface area contributed by atoms with E-state index in [1.807, 2.05) is 55.8 Å². The fourth-order valence-corrected chi connectivity index (χ4v) is 9.07. The Balaban J connectivity index is 1.33. The largest absolute Gasteiger partial charge is 0.534 e. The van der Waals surface area contributed by atoms with Gasteiger partial charge in [-0.1, -0.05) is 62.8 Å². The summed E-state index contributed by atoms with van der Waals surface area (Å²) in [5.41, 5.74) is -1.43. The van der Waals surface area contributed by atoms with E-state index in [1.54, 1.807) is 11.0 Å². The quantitative estimate of drug-likeness (QED) is 0.0879. The van der Waals surface area contributed by atoms with Gasteiger partial charge in [-0.3, -0.25) is 4.90 Å². The molecule has 1 atom stereocenters. The van der Waals surface area contributed by atoms with Crippen LogP contribution in [0.1, 0.15) is 82.3 Å². The van der Waals surface area contributed by atoms with Crippen molar-refractivity contribution in [2.75, 3.05) is 13.2 Å². The van der Waals surface area contributed by atoms with Crippen molar-refractivity contribution >= 4 is 24.3 Å². The predicted octanol–water partition coefficient (Wildman–Crippen LogP) is 9.49. The lowest BCUT2D eigenvalue weighted by Crippen LogP contribution is -2.37. The zero-order chi connectivity index (χ0) is 37.7. The second kappa shape index (κ2) is 14.1. The number of carbonyl (C=O) groups excluding carboxylic acids is 1. The fraction of sp³-hybridized carbons (Fsp3) is 0.579. The van der Waals surface area contributed by atoms with Crippen LogP contribution in [-0.2, 0) is 39.2 Å². The number of ether oxygens (including phenoxy) is 2. The number of likely N-dealkylation sites (tertiary alicyclic amines) is 1. The molecule has 1 saturated heterocycles. The summed E-state index contributed by atoms with van der Waals surface area (Å²) >= 11 is 0. The van der Waals surface area contributed by atoms with Gasteiger partial charge in [-0.25, -0.2) is 9.78 Å². The summed E-state index contributed by atoms with van der Waals surface area (Å²) in [6.45, 7) is 13.9. The molecule has 3 aliphatic rings. The number of rotatable bonds is 10. The highest BCUT2D eigenvalue weighted by Crippen LogP contribution is 2.53. The summed E-state index contributed by atoms with van der Waals surface area (Å²) in [6.07, 6.45) is 8.10. The van der Waals surface area contributed by atoms with Crippen LogP contribution in [0.4, 0.5) is 18.0 Å². The van der Waals surface area contributed by atoms with E-state index in [1.165, 1.54) is 6.07 Å². The van der Waals surface area contributed by atoms with Crippen molar-refractivity contribution in [2.45, 2.75) is 122 Å². The smallest absolute Gasteiger partial charge is 0.444 e. The SMILES string of the molecule is CC(C)(C)OC(=O)N1CCCC1c1ncc(-c2ccc(-c3ccc(OS(=O)(=O)C(F)(F)F)c4c3CC3(CCCC3)C4)cc2)n1COCC[Si](C)(C)C. The number of fused-ring (bicyclic) bond motifs is 1. The highest BCUT2D eigenvalue weighted by molar-refractivity contribution is 7.88. The second-order valence-corrected chi connectivity index (χ2v) is 24.0. The van der Waals surface area contributed by atoms with E-state index in [9.17, 15) is 26.4 Å². The number of benzene rings is 2. The van der Waals surface area contributed by atoms with Gasteiger partial charge in [0.25, 0.3) is 0 Å². The number of amides is 1.